The van der Waals surface area contributed by atoms with E-state index in [1.165, 1.54) is 0 Å². The zero-order valence-corrected chi connectivity index (χ0v) is 15.3. The van der Waals surface area contributed by atoms with E-state index in [4.69, 9.17) is 4.43 Å². The Kier molecular flexibility index (Phi) is 5.63. The maximum atomic E-state index is 10.6. The molecule has 0 spiro atoms. The first-order valence-electron chi connectivity index (χ1n) is 7.12. The molecule has 0 radical (unpaired) electrons. The van der Waals surface area contributed by atoms with Crippen molar-refractivity contribution < 1.29 is 17.4 Å². The van der Waals surface area contributed by atoms with Crippen LogP contribution < -0.4 is 4.43 Å². The summed E-state index contributed by atoms with van der Waals surface area (Å²) >= 11 is 0. The van der Waals surface area contributed by atoms with Crippen molar-refractivity contribution >= 4 is 18.4 Å². The summed E-state index contributed by atoms with van der Waals surface area (Å²) in [5.41, 5.74) is 1.02. The first-order valence-corrected chi connectivity index (χ1v) is 11.6. The largest absolute Gasteiger partial charge is 0.748 e. The predicted octanol–water partition coefficient (Wildman–Crippen LogP) is 3.55. The Morgan fingerprint density at radius 2 is 1.67 bits per heavy atom. The van der Waals surface area contributed by atoms with Gasteiger partial charge in [-0.15, -0.1) is 0 Å². The molecule has 1 aromatic rings. The van der Waals surface area contributed by atoms with Crippen LogP contribution in [0.15, 0.2) is 24.3 Å². The standard InChI is InChI=1S/C15H26O4SSi/c1-15(2,3)21(4,5)19-14-10-8-13(9-11-14)7-6-12-20(16,17)18/h8-11H,6-7,12H2,1-5H3,(H,16,17,18)/p-1. The molecule has 0 atom stereocenters. The topological polar surface area (TPSA) is 66.4 Å². The van der Waals surface area contributed by atoms with Gasteiger partial charge in [-0.1, -0.05) is 32.9 Å². The molecule has 0 aliphatic carbocycles. The lowest BCUT2D eigenvalue weighted by Gasteiger charge is -2.36. The van der Waals surface area contributed by atoms with Crippen molar-refractivity contribution in [2.45, 2.75) is 51.7 Å². The van der Waals surface area contributed by atoms with Gasteiger partial charge in [0.2, 0.25) is 8.32 Å². The first kappa shape index (κ1) is 18.2. The van der Waals surface area contributed by atoms with Gasteiger partial charge in [-0.05, 0) is 48.7 Å². The lowest BCUT2D eigenvalue weighted by molar-refractivity contribution is 0.461. The van der Waals surface area contributed by atoms with E-state index in [1.54, 1.807) is 0 Å². The summed E-state index contributed by atoms with van der Waals surface area (Å²) in [6.45, 7) is 11.0. The van der Waals surface area contributed by atoms with Gasteiger partial charge in [0.15, 0.2) is 0 Å². The Morgan fingerprint density at radius 1 is 1.14 bits per heavy atom. The summed E-state index contributed by atoms with van der Waals surface area (Å²) in [7, 11) is -5.95. The fourth-order valence-electron chi connectivity index (χ4n) is 1.62. The monoisotopic (exact) mass is 329 g/mol. The predicted molar refractivity (Wildman–Crippen MR) is 87.2 cm³/mol. The van der Waals surface area contributed by atoms with Gasteiger partial charge in [-0.2, -0.15) is 0 Å². The Hall–Kier alpha value is -0.853. The van der Waals surface area contributed by atoms with Gasteiger partial charge in [0.1, 0.15) is 5.75 Å². The van der Waals surface area contributed by atoms with Gasteiger partial charge in [0.25, 0.3) is 0 Å². The highest BCUT2D eigenvalue weighted by atomic mass is 32.2. The molecule has 21 heavy (non-hydrogen) atoms. The van der Waals surface area contributed by atoms with Gasteiger partial charge < -0.3 is 8.98 Å². The van der Waals surface area contributed by atoms with E-state index in [9.17, 15) is 13.0 Å². The molecule has 1 rings (SSSR count). The molecule has 0 unspecified atom stereocenters. The van der Waals surface area contributed by atoms with Crippen LogP contribution in [-0.2, 0) is 16.5 Å². The average molecular weight is 330 g/mol. The number of hydrogen-bond acceptors (Lipinski definition) is 4. The van der Waals surface area contributed by atoms with Crippen LogP contribution in [0.4, 0.5) is 0 Å². The van der Waals surface area contributed by atoms with Crippen LogP contribution >= 0.6 is 0 Å². The molecule has 6 heteroatoms. The molecule has 0 amide bonds. The van der Waals surface area contributed by atoms with Gasteiger partial charge in [0, 0.05) is 5.75 Å². The van der Waals surface area contributed by atoms with Gasteiger partial charge in [-0.3, -0.25) is 0 Å². The molecule has 4 nitrogen and oxygen atoms in total. The van der Waals surface area contributed by atoms with Crippen LogP contribution in [0.1, 0.15) is 32.8 Å². The van der Waals surface area contributed by atoms with E-state index >= 15 is 0 Å². The maximum Gasteiger partial charge on any atom is 0.250 e. The third-order valence-corrected chi connectivity index (χ3v) is 9.11. The Labute approximate surface area is 129 Å². The number of aryl methyl sites for hydroxylation is 1. The van der Waals surface area contributed by atoms with E-state index < -0.39 is 18.4 Å². The van der Waals surface area contributed by atoms with Crippen LogP contribution in [0, 0.1) is 0 Å². The lowest BCUT2D eigenvalue weighted by Crippen LogP contribution is -2.43. The second-order valence-electron chi connectivity index (χ2n) is 6.87. The number of hydrogen-bond donors (Lipinski definition) is 0. The van der Waals surface area contributed by atoms with Crippen molar-refractivity contribution in [3.05, 3.63) is 29.8 Å². The fourth-order valence-corrected chi connectivity index (χ4v) is 3.15. The molecule has 0 aliphatic heterocycles. The molecular weight excluding hydrogens is 304 g/mol. The summed E-state index contributed by atoms with van der Waals surface area (Å²) in [5.74, 6) is 0.539. The van der Waals surface area contributed by atoms with E-state index in [0.29, 0.717) is 12.8 Å². The van der Waals surface area contributed by atoms with Crippen molar-refractivity contribution in [3.63, 3.8) is 0 Å². The molecular formula is C15H25O4SSi-. The van der Waals surface area contributed by atoms with E-state index in [2.05, 4.69) is 33.9 Å². The van der Waals surface area contributed by atoms with Gasteiger partial charge in [0.05, 0.1) is 10.1 Å². The molecule has 0 aromatic heterocycles. The van der Waals surface area contributed by atoms with Crippen LogP contribution in [0.5, 0.6) is 5.75 Å². The van der Waals surface area contributed by atoms with Crippen LogP contribution in [0.25, 0.3) is 0 Å². The maximum absolute atomic E-state index is 10.6. The average Bonchev–Trinajstić information content (AvgIpc) is 2.28. The van der Waals surface area contributed by atoms with E-state index in [-0.39, 0.29) is 10.8 Å². The zero-order valence-electron chi connectivity index (χ0n) is 13.5. The molecule has 0 aliphatic rings. The van der Waals surface area contributed by atoms with Crippen molar-refractivity contribution in [2.75, 3.05) is 5.75 Å². The second-order valence-corrected chi connectivity index (χ2v) is 13.1. The Balaban J connectivity index is 2.63. The van der Waals surface area contributed by atoms with E-state index in [1.807, 2.05) is 24.3 Å². The summed E-state index contributed by atoms with van der Waals surface area (Å²) in [5, 5.41) is 0.147. The third-order valence-electron chi connectivity index (χ3n) is 3.96. The summed E-state index contributed by atoms with van der Waals surface area (Å²) in [6.07, 6.45) is 0.941. The zero-order chi connectivity index (χ0) is 16.3. The molecule has 0 saturated heterocycles. The number of benzene rings is 1. The summed E-state index contributed by atoms with van der Waals surface area (Å²) < 4.78 is 37.8. The third kappa shape index (κ3) is 6.19. The SMILES string of the molecule is CC(C)(C)[Si](C)(C)Oc1ccc(CCCS(=O)(=O)[O-])cc1. The molecule has 0 heterocycles. The summed E-state index contributed by atoms with van der Waals surface area (Å²) in [4.78, 5) is 0. The summed E-state index contributed by atoms with van der Waals surface area (Å²) in [6, 6.07) is 7.70. The van der Waals surface area contributed by atoms with Crippen LogP contribution in [0.3, 0.4) is 0 Å². The fraction of sp³-hybridized carbons (Fsp3) is 0.600. The first-order chi connectivity index (χ1) is 9.41. The second kappa shape index (κ2) is 6.50. The Morgan fingerprint density at radius 3 is 2.10 bits per heavy atom. The van der Waals surface area contributed by atoms with Crippen molar-refractivity contribution in [1.29, 1.82) is 0 Å². The van der Waals surface area contributed by atoms with Gasteiger partial charge in [-0.25, -0.2) is 8.42 Å². The number of rotatable bonds is 6. The molecule has 0 bridgehead atoms. The van der Waals surface area contributed by atoms with Crippen LogP contribution in [-0.4, -0.2) is 27.0 Å². The van der Waals surface area contributed by atoms with E-state index in [0.717, 1.165) is 11.3 Å². The van der Waals surface area contributed by atoms with Crippen LogP contribution in [0.2, 0.25) is 18.1 Å². The minimum absolute atomic E-state index is 0.147. The highest BCUT2D eigenvalue weighted by Gasteiger charge is 2.38. The molecule has 0 fully saturated rings. The minimum atomic E-state index is -4.11. The molecule has 0 N–H and O–H groups in total. The highest BCUT2D eigenvalue weighted by molar-refractivity contribution is 7.85. The highest BCUT2D eigenvalue weighted by Crippen LogP contribution is 2.37. The quantitative estimate of drug-likeness (QED) is 0.591. The van der Waals surface area contributed by atoms with Crippen molar-refractivity contribution in [3.8, 4) is 5.75 Å². The molecule has 1 aromatic carbocycles. The molecule has 0 saturated carbocycles. The molecule has 120 valence electrons. The van der Waals surface area contributed by atoms with Gasteiger partial charge >= 0.3 is 0 Å². The minimum Gasteiger partial charge on any atom is -0.748 e. The lowest BCUT2D eigenvalue weighted by atomic mass is 10.1. The smallest absolute Gasteiger partial charge is 0.250 e. The van der Waals surface area contributed by atoms with Crippen molar-refractivity contribution in [2.24, 2.45) is 0 Å². The normalized spacial score (nSPS) is 13.2. The Bertz CT molecular complexity index is 556. The van der Waals surface area contributed by atoms with Crippen molar-refractivity contribution in [1.82, 2.24) is 0 Å².